The average Bonchev–Trinajstić information content (AvgIpc) is 3.07. The zero-order chi connectivity index (χ0) is 17.0. The van der Waals surface area contributed by atoms with Gasteiger partial charge in [0.2, 0.25) is 10.0 Å². The van der Waals surface area contributed by atoms with Crippen molar-refractivity contribution in [2.45, 2.75) is 18.0 Å². The lowest BCUT2D eigenvalue weighted by Crippen LogP contribution is -2.24. The van der Waals surface area contributed by atoms with Crippen molar-refractivity contribution in [2.24, 2.45) is 0 Å². The van der Waals surface area contributed by atoms with E-state index in [2.05, 4.69) is 14.8 Å². The van der Waals surface area contributed by atoms with Crippen LogP contribution >= 0.6 is 0 Å². The molecule has 0 atom stereocenters. The Morgan fingerprint density at radius 3 is 2.62 bits per heavy atom. The topological polar surface area (TPSA) is 76.9 Å². The number of hydrogen-bond donors (Lipinski definition) is 1. The van der Waals surface area contributed by atoms with Crippen LogP contribution in [0.1, 0.15) is 11.1 Å². The lowest BCUT2D eigenvalue weighted by Gasteiger charge is -2.09. The maximum Gasteiger partial charge on any atom is 0.243 e. The number of benzene rings is 2. The third-order valence-corrected chi connectivity index (χ3v) is 4.83. The van der Waals surface area contributed by atoms with Gasteiger partial charge in [0.1, 0.15) is 23.4 Å². The van der Waals surface area contributed by atoms with Crippen molar-refractivity contribution >= 4 is 10.0 Å². The molecule has 1 aromatic heterocycles. The SMILES string of the molecule is O=S(=O)(NCc1cccc(Cn2cncn2)c1)c1ccccc1F. The highest BCUT2D eigenvalue weighted by molar-refractivity contribution is 7.89. The Morgan fingerprint density at radius 2 is 1.88 bits per heavy atom. The molecule has 0 aliphatic rings. The van der Waals surface area contributed by atoms with Crippen LogP contribution < -0.4 is 4.72 Å². The molecule has 2 aromatic carbocycles. The van der Waals surface area contributed by atoms with E-state index in [0.717, 1.165) is 17.2 Å². The van der Waals surface area contributed by atoms with Gasteiger partial charge in [-0.1, -0.05) is 36.4 Å². The van der Waals surface area contributed by atoms with E-state index in [1.807, 2.05) is 18.2 Å². The van der Waals surface area contributed by atoms with Gasteiger partial charge in [0.25, 0.3) is 0 Å². The maximum atomic E-state index is 13.7. The molecule has 6 nitrogen and oxygen atoms in total. The Morgan fingerprint density at radius 1 is 1.08 bits per heavy atom. The molecule has 124 valence electrons. The quantitative estimate of drug-likeness (QED) is 0.740. The number of nitrogens with zero attached hydrogens (tertiary/aromatic N) is 3. The van der Waals surface area contributed by atoms with Crippen LogP contribution in [0.25, 0.3) is 0 Å². The van der Waals surface area contributed by atoms with E-state index < -0.39 is 15.8 Å². The van der Waals surface area contributed by atoms with Gasteiger partial charge < -0.3 is 0 Å². The maximum absolute atomic E-state index is 13.7. The second-order valence-electron chi connectivity index (χ2n) is 5.17. The van der Waals surface area contributed by atoms with Crippen LogP contribution in [0, 0.1) is 5.82 Å². The molecule has 0 fully saturated rings. The van der Waals surface area contributed by atoms with Gasteiger partial charge in [-0.25, -0.2) is 27.2 Å². The van der Waals surface area contributed by atoms with Crippen molar-refractivity contribution in [3.05, 3.63) is 78.1 Å². The number of nitrogens with one attached hydrogen (secondary N) is 1. The van der Waals surface area contributed by atoms with Crippen LogP contribution in [0.2, 0.25) is 0 Å². The van der Waals surface area contributed by atoms with Crippen molar-refractivity contribution in [3.63, 3.8) is 0 Å². The van der Waals surface area contributed by atoms with E-state index in [9.17, 15) is 12.8 Å². The van der Waals surface area contributed by atoms with Gasteiger partial charge in [0, 0.05) is 6.54 Å². The summed E-state index contributed by atoms with van der Waals surface area (Å²) in [5.74, 6) is -0.773. The first-order valence-electron chi connectivity index (χ1n) is 7.19. The van der Waals surface area contributed by atoms with Crippen LogP contribution in [0.15, 0.2) is 66.1 Å². The van der Waals surface area contributed by atoms with E-state index >= 15 is 0 Å². The second-order valence-corrected chi connectivity index (χ2v) is 6.90. The fourth-order valence-electron chi connectivity index (χ4n) is 2.26. The van der Waals surface area contributed by atoms with E-state index in [1.165, 1.54) is 24.5 Å². The molecular formula is C16H15FN4O2S. The summed E-state index contributed by atoms with van der Waals surface area (Å²) in [5, 5.41) is 4.03. The summed E-state index contributed by atoms with van der Waals surface area (Å²) in [6.45, 7) is 0.607. The normalized spacial score (nSPS) is 11.5. The number of hydrogen-bond acceptors (Lipinski definition) is 4. The lowest BCUT2D eigenvalue weighted by atomic mass is 10.1. The van der Waals surface area contributed by atoms with E-state index in [1.54, 1.807) is 17.1 Å². The van der Waals surface area contributed by atoms with Gasteiger partial charge in [-0.05, 0) is 23.3 Å². The number of aromatic nitrogens is 3. The summed E-state index contributed by atoms with van der Waals surface area (Å²) in [6.07, 6.45) is 3.06. The highest BCUT2D eigenvalue weighted by atomic mass is 32.2. The molecule has 0 unspecified atom stereocenters. The number of sulfonamides is 1. The lowest BCUT2D eigenvalue weighted by molar-refractivity contribution is 0.556. The Balaban J connectivity index is 1.71. The van der Waals surface area contributed by atoms with Crippen molar-refractivity contribution < 1.29 is 12.8 Å². The predicted octanol–water partition coefficient (Wildman–Crippen LogP) is 1.94. The highest BCUT2D eigenvalue weighted by Crippen LogP contribution is 2.14. The van der Waals surface area contributed by atoms with Crippen molar-refractivity contribution in [1.29, 1.82) is 0 Å². The van der Waals surface area contributed by atoms with Gasteiger partial charge in [0.05, 0.1) is 6.54 Å². The zero-order valence-electron chi connectivity index (χ0n) is 12.6. The van der Waals surface area contributed by atoms with E-state index in [-0.39, 0.29) is 11.4 Å². The smallest absolute Gasteiger partial charge is 0.243 e. The van der Waals surface area contributed by atoms with Gasteiger partial charge in [-0.15, -0.1) is 0 Å². The summed E-state index contributed by atoms with van der Waals surface area (Å²) in [7, 11) is -3.90. The summed E-state index contributed by atoms with van der Waals surface area (Å²) in [5.41, 5.74) is 1.73. The first kappa shape index (κ1) is 16.3. The summed E-state index contributed by atoms with van der Waals surface area (Å²) in [4.78, 5) is 3.52. The largest absolute Gasteiger partial charge is 0.249 e. The van der Waals surface area contributed by atoms with Crippen molar-refractivity contribution in [1.82, 2.24) is 19.5 Å². The molecule has 1 N–H and O–H groups in total. The van der Waals surface area contributed by atoms with Crippen LogP contribution in [0.4, 0.5) is 4.39 Å². The molecule has 24 heavy (non-hydrogen) atoms. The average molecular weight is 346 g/mol. The van der Waals surface area contributed by atoms with Gasteiger partial charge in [-0.3, -0.25) is 0 Å². The minimum atomic E-state index is -3.90. The van der Waals surface area contributed by atoms with Crippen molar-refractivity contribution in [3.8, 4) is 0 Å². The van der Waals surface area contributed by atoms with Gasteiger partial charge >= 0.3 is 0 Å². The minimum Gasteiger partial charge on any atom is -0.249 e. The van der Waals surface area contributed by atoms with Crippen LogP contribution in [-0.2, 0) is 23.1 Å². The molecule has 1 heterocycles. The zero-order valence-corrected chi connectivity index (χ0v) is 13.4. The van der Waals surface area contributed by atoms with Gasteiger partial charge in [0.15, 0.2) is 0 Å². The third kappa shape index (κ3) is 3.84. The Bertz CT molecular complexity index is 927. The Kier molecular flexibility index (Phi) is 4.68. The first-order valence-corrected chi connectivity index (χ1v) is 8.67. The fourth-order valence-corrected chi connectivity index (χ4v) is 3.35. The van der Waals surface area contributed by atoms with Crippen LogP contribution in [-0.4, -0.2) is 23.2 Å². The first-order chi connectivity index (χ1) is 11.5. The summed E-state index contributed by atoms with van der Waals surface area (Å²) in [6, 6.07) is 12.7. The molecule has 0 bridgehead atoms. The summed E-state index contributed by atoms with van der Waals surface area (Å²) < 4.78 is 42.1. The molecule has 0 saturated carbocycles. The van der Waals surface area contributed by atoms with E-state index in [4.69, 9.17) is 0 Å². The molecule has 0 spiro atoms. The number of halogens is 1. The molecule has 0 aliphatic carbocycles. The van der Waals surface area contributed by atoms with E-state index in [0.29, 0.717) is 6.54 Å². The van der Waals surface area contributed by atoms with Crippen molar-refractivity contribution in [2.75, 3.05) is 0 Å². The monoisotopic (exact) mass is 346 g/mol. The standard InChI is InChI=1S/C16H15FN4O2S/c17-15-6-1-2-7-16(15)24(22,23)20-9-13-4-3-5-14(8-13)10-21-12-18-11-19-21/h1-8,11-12,20H,9-10H2. The molecule has 0 radical (unpaired) electrons. The minimum absolute atomic E-state index is 0.0713. The molecule has 8 heteroatoms. The van der Waals surface area contributed by atoms with Crippen LogP contribution in [0.3, 0.4) is 0 Å². The van der Waals surface area contributed by atoms with Crippen LogP contribution in [0.5, 0.6) is 0 Å². The molecule has 0 aliphatic heterocycles. The Labute approximate surface area is 139 Å². The predicted molar refractivity (Wildman–Crippen MR) is 86.0 cm³/mol. The second kappa shape index (κ2) is 6.90. The molecule has 3 rings (SSSR count). The fraction of sp³-hybridized carbons (Fsp3) is 0.125. The number of rotatable bonds is 6. The molecule has 0 saturated heterocycles. The third-order valence-electron chi connectivity index (χ3n) is 3.40. The summed E-state index contributed by atoms with van der Waals surface area (Å²) >= 11 is 0. The molecule has 0 amide bonds. The highest BCUT2D eigenvalue weighted by Gasteiger charge is 2.17. The van der Waals surface area contributed by atoms with Gasteiger partial charge in [-0.2, -0.15) is 5.10 Å². The molecule has 3 aromatic rings. The Hall–Kier alpha value is -2.58. The molecular weight excluding hydrogens is 331 g/mol.